The number of hydrogen-bond acceptors (Lipinski definition) is 7. The molecule has 33 heavy (non-hydrogen) atoms. The van der Waals surface area contributed by atoms with E-state index in [-0.39, 0.29) is 6.09 Å². The third-order valence-electron chi connectivity index (χ3n) is 6.01. The zero-order chi connectivity index (χ0) is 24.4. The lowest BCUT2D eigenvalue weighted by atomic mass is 9.98. The van der Waals surface area contributed by atoms with Crippen LogP contribution in [0.5, 0.6) is 0 Å². The summed E-state index contributed by atoms with van der Waals surface area (Å²) in [7, 11) is -3.38. The van der Waals surface area contributed by atoms with Crippen molar-refractivity contribution in [2.24, 2.45) is 0 Å². The normalized spacial score (nSPS) is 21.2. The molecule has 0 bridgehead atoms. The topological polar surface area (TPSA) is 95.1 Å². The van der Waals surface area contributed by atoms with Crippen LogP contribution in [0.25, 0.3) is 0 Å². The molecule has 1 N–H and O–H groups in total. The number of sulfonamides is 1. The third kappa shape index (κ3) is 7.10. The summed E-state index contributed by atoms with van der Waals surface area (Å²) in [5.41, 5.74) is -0.125. The average Bonchev–Trinajstić information content (AvgIpc) is 2.71. The van der Waals surface area contributed by atoms with Crippen LogP contribution in [0.4, 0.5) is 16.3 Å². The first kappa shape index (κ1) is 25.8. The number of piperazine rings is 1. The van der Waals surface area contributed by atoms with E-state index < -0.39 is 15.6 Å². The Morgan fingerprint density at radius 3 is 2.45 bits per heavy atom. The van der Waals surface area contributed by atoms with Crippen molar-refractivity contribution in [1.82, 2.24) is 14.8 Å². The highest BCUT2D eigenvalue weighted by molar-refractivity contribution is 7.92. The summed E-state index contributed by atoms with van der Waals surface area (Å²) in [5, 5.41) is 0.428. The van der Waals surface area contributed by atoms with Crippen molar-refractivity contribution in [3.05, 3.63) is 17.3 Å². The number of likely N-dealkylation sites (tertiary alicyclic amines) is 1. The van der Waals surface area contributed by atoms with Gasteiger partial charge in [0.1, 0.15) is 11.4 Å². The fourth-order valence-corrected chi connectivity index (χ4v) is 5.37. The lowest BCUT2D eigenvalue weighted by molar-refractivity contribution is 0.00944. The quantitative estimate of drug-likeness (QED) is 0.660. The van der Waals surface area contributed by atoms with Crippen molar-refractivity contribution in [3.63, 3.8) is 0 Å². The number of nitrogens with one attached hydrogen (secondary N) is 1. The summed E-state index contributed by atoms with van der Waals surface area (Å²) in [5.74, 6) is 0.675. The standard InChI is InChI=1S/C22H36ClN5O4S/c1-6-17-15-27(20-19(23)13-16(14-24-20)25-33(5,30)31)11-12-28(17)18-7-9-26(10-8-18)21(29)32-22(2,3)4/h13-14,17-18,25H,6-12,15H2,1-5H3/t17-/m0/s1. The molecule has 0 radical (unpaired) electrons. The molecule has 2 saturated heterocycles. The average molecular weight is 502 g/mol. The van der Waals surface area contributed by atoms with E-state index in [0.717, 1.165) is 45.2 Å². The number of aromatic nitrogens is 1. The summed E-state index contributed by atoms with van der Waals surface area (Å²) in [6.07, 6.45) is 5.22. The molecule has 0 aromatic carbocycles. The second-order valence-corrected chi connectivity index (χ2v) is 12.0. The maximum Gasteiger partial charge on any atom is 0.410 e. The van der Waals surface area contributed by atoms with Crippen LogP contribution in [0.3, 0.4) is 0 Å². The molecule has 0 unspecified atom stereocenters. The van der Waals surface area contributed by atoms with Gasteiger partial charge in [-0.25, -0.2) is 18.2 Å². The molecule has 9 nitrogen and oxygen atoms in total. The van der Waals surface area contributed by atoms with Gasteiger partial charge in [-0.3, -0.25) is 9.62 Å². The zero-order valence-corrected chi connectivity index (χ0v) is 21.7. The molecule has 0 aliphatic carbocycles. The van der Waals surface area contributed by atoms with Crippen molar-refractivity contribution >= 4 is 39.2 Å². The van der Waals surface area contributed by atoms with E-state index in [1.807, 2.05) is 25.7 Å². The Kier molecular flexibility index (Phi) is 8.01. The fraction of sp³-hybridized carbons (Fsp3) is 0.727. The second kappa shape index (κ2) is 10.2. The van der Waals surface area contributed by atoms with E-state index in [4.69, 9.17) is 16.3 Å². The predicted molar refractivity (Wildman–Crippen MR) is 132 cm³/mol. The van der Waals surface area contributed by atoms with Crippen LogP contribution in [0, 0.1) is 0 Å². The number of halogens is 1. The Morgan fingerprint density at radius 2 is 1.91 bits per heavy atom. The summed E-state index contributed by atoms with van der Waals surface area (Å²) in [6.45, 7) is 11.7. The number of ether oxygens (including phenoxy) is 1. The van der Waals surface area contributed by atoms with Crippen molar-refractivity contribution in [1.29, 1.82) is 0 Å². The van der Waals surface area contributed by atoms with Gasteiger partial charge in [0, 0.05) is 44.8 Å². The highest BCUT2D eigenvalue weighted by atomic mass is 35.5. The van der Waals surface area contributed by atoms with Crippen molar-refractivity contribution < 1.29 is 17.9 Å². The van der Waals surface area contributed by atoms with Gasteiger partial charge in [-0.2, -0.15) is 0 Å². The van der Waals surface area contributed by atoms with Gasteiger partial charge in [0.15, 0.2) is 0 Å². The van der Waals surface area contributed by atoms with Gasteiger partial charge in [0.2, 0.25) is 10.0 Å². The number of hydrogen-bond donors (Lipinski definition) is 1. The van der Waals surface area contributed by atoms with Crippen molar-refractivity contribution in [3.8, 4) is 0 Å². The number of amides is 1. The predicted octanol–water partition coefficient (Wildman–Crippen LogP) is 3.41. The van der Waals surface area contributed by atoms with Crippen LogP contribution < -0.4 is 9.62 Å². The van der Waals surface area contributed by atoms with Crippen LogP contribution in [-0.2, 0) is 14.8 Å². The van der Waals surface area contributed by atoms with Gasteiger partial charge in [0.25, 0.3) is 0 Å². The SMILES string of the molecule is CC[C@H]1CN(c2ncc(NS(C)(=O)=O)cc2Cl)CCN1C1CCN(C(=O)OC(C)(C)C)CC1. The second-order valence-electron chi connectivity index (χ2n) is 9.85. The van der Waals surface area contributed by atoms with E-state index in [2.05, 4.69) is 26.4 Å². The molecule has 1 aromatic rings. The van der Waals surface area contributed by atoms with E-state index in [1.54, 1.807) is 6.07 Å². The molecule has 2 fully saturated rings. The van der Waals surface area contributed by atoms with Gasteiger partial charge < -0.3 is 14.5 Å². The fourth-order valence-electron chi connectivity index (χ4n) is 4.55. The number of anilines is 2. The lowest BCUT2D eigenvalue weighted by Gasteiger charge is -2.47. The minimum Gasteiger partial charge on any atom is -0.444 e. The van der Waals surface area contributed by atoms with Crippen LogP contribution in [-0.4, -0.2) is 86.0 Å². The maximum atomic E-state index is 12.4. The number of rotatable bonds is 5. The van der Waals surface area contributed by atoms with Crippen LogP contribution in [0.1, 0.15) is 47.0 Å². The van der Waals surface area contributed by atoms with Gasteiger partial charge >= 0.3 is 6.09 Å². The molecular weight excluding hydrogens is 466 g/mol. The molecule has 1 amide bonds. The number of nitrogens with zero attached hydrogens (tertiary/aromatic N) is 4. The Balaban J connectivity index is 1.60. The Morgan fingerprint density at radius 1 is 1.24 bits per heavy atom. The summed E-state index contributed by atoms with van der Waals surface area (Å²) in [6, 6.07) is 2.38. The molecule has 1 atom stereocenters. The van der Waals surface area contributed by atoms with E-state index in [1.165, 1.54) is 6.20 Å². The molecule has 3 heterocycles. The minimum atomic E-state index is -3.38. The molecule has 3 rings (SSSR count). The van der Waals surface area contributed by atoms with Crippen LogP contribution in [0.2, 0.25) is 5.02 Å². The molecule has 2 aliphatic rings. The molecule has 0 spiro atoms. The van der Waals surface area contributed by atoms with Crippen molar-refractivity contribution in [2.75, 3.05) is 48.6 Å². The third-order valence-corrected chi connectivity index (χ3v) is 6.89. The van der Waals surface area contributed by atoms with Crippen LogP contribution >= 0.6 is 11.6 Å². The molecule has 11 heteroatoms. The summed E-state index contributed by atoms with van der Waals surface area (Å²) in [4.78, 5) is 23.4. The van der Waals surface area contributed by atoms with E-state index in [0.29, 0.717) is 41.7 Å². The number of carbonyl (C=O) groups excluding carboxylic acids is 1. The molecular formula is C22H36ClN5O4S. The first-order valence-electron chi connectivity index (χ1n) is 11.5. The van der Waals surface area contributed by atoms with Crippen molar-refractivity contribution in [2.45, 2.75) is 64.6 Å². The number of pyridine rings is 1. The summed E-state index contributed by atoms with van der Waals surface area (Å²) < 4.78 is 30.8. The first-order valence-corrected chi connectivity index (χ1v) is 13.7. The number of piperidine rings is 1. The Bertz CT molecular complexity index is 945. The highest BCUT2D eigenvalue weighted by Gasteiger charge is 2.35. The lowest BCUT2D eigenvalue weighted by Crippen LogP contribution is -2.59. The zero-order valence-electron chi connectivity index (χ0n) is 20.2. The van der Waals surface area contributed by atoms with Crippen LogP contribution in [0.15, 0.2) is 12.3 Å². The Hall–Kier alpha value is -1.78. The highest BCUT2D eigenvalue weighted by Crippen LogP contribution is 2.31. The van der Waals surface area contributed by atoms with Gasteiger partial charge in [-0.15, -0.1) is 0 Å². The monoisotopic (exact) mass is 501 g/mol. The smallest absolute Gasteiger partial charge is 0.410 e. The number of carbonyl (C=O) groups is 1. The van der Waals surface area contributed by atoms with Gasteiger partial charge in [-0.1, -0.05) is 18.5 Å². The van der Waals surface area contributed by atoms with Gasteiger partial charge in [-0.05, 0) is 46.1 Å². The summed E-state index contributed by atoms with van der Waals surface area (Å²) >= 11 is 6.46. The van der Waals surface area contributed by atoms with E-state index in [9.17, 15) is 13.2 Å². The molecule has 1 aromatic heterocycles. The molecule has 0 saturated carbocycles. The molecule has 2 aliphatic heterocycles. The first-order chi connectivity index (χ1) is 15.4. The maximum absolute atomic E-state index is 12.4. The molecule has 186 valence electrons. The largest absolute Gasteiger partial charge is 0.444 e. The van der Waals surface area contributed by atoms with E-state index >= 15 is 0 Å². The minimum absolute atomic E-state index is 0.229. The Labute approximate surface area is 202 Å². The van der Waals surface area contributed by atoms with Gasteiger partial charge in [0.05, 0.1) is 23.2 Å².